The summed E-state index contributed by atoms with van der Waals surface area (Å²) in [4.78, 5) is 0. The predicted molar refractivity (Wildman–Crippen MR) is 64.7 cm³/mol. The molecule has 5 unspecified atom stereocenters. The monoisotopic (exact) mass is 274 g/mol. The summed E-state index contributed by atoms with van der Waals surface area (Å²) in [5.74, 6) is 0.398. The maximum atomic E-state index is 10.4. The highest BCUT2D eigenvalue weighted by Crippen LogP contribution is 2.69. The van der Waals surface area contributed by atoms with Crippen LogP contribution in [0.15, 0.2) is 0 Å². The van der Waals surface area contributed by atoms with Gasteiger partial charge in [0.2, 0.25) is 0 Å². The fourth-order valence-corrected chi connectivity index (χ4v) is 8.09. The normalized spacial score (nSPS) is 59.0. The van der Waals surface area contributed by atoms with E-state index in [0.717, 1.165) is 25.6 Å². The van der Waals surface area contributed by atoms with Gasteiger partial charge in [0, 0.05) is 12.5 Å². The number of aliphatic hydroxyl groups is 2. The van der Waals surface area contributed by atoms with Crippen molar-refractivity contribution in [3.05, 3.63) is 0 Å². The molecule has 0 bridgehead atoms. The molecule has 0 saturated carbocycles. The van der Waals surface area contributed by atoms with Crippen LogP contribution in [0.3, 0.4) is 0 Å². The highest BCUT2D eigenvalue weighted by atomic mass is 31.1. The van der Waals surface area contributed by atoms with Gasteiger partial charge in [-0.25, -0.2) is 0 Å². The third-order valence-electron chi connectivity index (χ3n) is 4.99. The lowest BCUT2D eigenvalue weighted by Crippen LogP contribution is -2.44. The lowest BCUT2D eigenvalue weighted by molar-refractivity contribution is -0.0874. The lowest BCUT2D eigenvalue weighted by atomic mass is 10.0. The Labute approximate surface area is 107 Å². The largest absolute Gasteiger partial charge is 0.392 e. The van der Waals surface area contributed by atoms with E-state index in [2.05, 4.69) is 0 Å². The Bertz CT molecular complexity index is 353. The van der Waals surface area contributed by atoms with Crippen LogP contribution >= 0.6 is 7.92 Å². The third-order valence-corrected chi connectivity index (χ3v) is 8.70. The number of hydrogen-bond acceptors (Lipinski definition) is 5. The highest BCUT2D eigenvalue weighted by molar-refractivity contribution is 7.60. The number of fused-ring (bicyclic) bond motifs is 2. The molecule has 0 aromatic heterocycles. The second-order valence-corrected chi connectivity index (χ2v) is 8.37. The molecule has 2 N–H and O–H groups in total. The van der Waals surface area contributed by atoms with E-state index in [9.17, 15) is 10.2 Å². The fourth-order valence-electron chi connectivity index (χ4n) is 4.04. The topological polar surface area (TPSA) is 68.2 Å². The van der Waals surface area contributed by atoms with Crippen LogP contribution in [0.5, 0.6) is 0 Å². The van der Waals surface area contributed by atoms with Crippen LogP contribution in [0.25, 0.3) is 0 Å². The Kier molecular flexibility index (Phi) is 2.74. The van der Waals surface area contributed by atoms with Gasteiger partial charge in [0.1, 0.15) is 0 Å². The molecule has 5 nitrogen and oxygen atoms in total. The molecule has 0 radical (unpaired) electrons. The van der Waals surface area contributed by atoms with Crippen molar-refractivity contribution in [3.63, 3.8) is 0 Å². The first-order valence-electron chi connectivity index (χ1n) is 6.71. The van der Waals surface area contributed by atoms with Gasteiger partial charge < -0.3 is 24.4 Å². The smallest absolute Gasteiger partial charge is 0.169 e. The summed E-state index contributed by atoms with van der Waals surface area (Å²) >= 11 is 0. The van der Waals surface area contributed by atoms with Crippen molar-refractivity contribution in [2.75, 3.05) is 26.0 Å². The van der Waals surface area contributed by atoms with Crippen molar-refractivity contribution in [3.8, 4) is 0 Å². The van der Waals surface area contributed by atoms with E-state index in [1.54, 1.807) is 0 Å². The molecular formula is C12H19O5P. The summed E-state index contributed by atoms with van der Waals surface area (Å²) in [5, 5.41) is 20.3. The van der Waals surface area contributed by atoms with Crippen molar-refractivity contribution in [1.29, 1.82) is 0 Å². The van der Waals surface area contributed by atoms with Crippen LogP contribution in [0, 0.1) is 5.92 Å². The van der Waals surface area contributed by atoms with Gasteiger partial charge in [0.25, 0.3) is 0 Å². The van der Waals surface area contributed by atoms with Crippen LogP contribution in [-0.4, -0.2) is 65.7 Å². The van der Waals surface area contributed by atoms with Gasteiger partial charge in [-0.05, 0) is 19.0 Å². The van der Waals surface area contributed by atoms with Gasteiger partial charge in [-0.2, -0.15) is 0 Å². The van der Waals surface area contributed by atoms with E-state index < -0.39 is 14.0 Å². The van der Waals surface area contributed by atoms with Crippen molar-refractivity contribution in [2.45, 2.75) is 42.3 Å². The van der Waals surface area contributed by atoms with Crippen molar-refractivity contribution >= 4 is 7.92 Å². The molecule has 4 rings (SSSR count). The zero-order valence-electron chi connectivity index (χ0n) is 10.2. The Morgan fingerprint density at radius 3 is 2.89 bits per heavy atom. The predicted octanol–water partition coefficient (Wildman–Crippen LogP) is 0.0817. The molecule has 0 aliphatic carbocycles. The van der Waals surface area contributed by atoms with Gasteiger partial charge in [-0.15, -0.1) is 0 Å². The molecule has 0 aromatic carbocycles. The van der Waals surface area contributed by atoms with Gasteiger partial charge >= 0.3 is 0 Å². The van der Waals surface area contributed by atoms with E-state index >= 15 is 0 Å². The summed E-state index contributed by atoms with van der Waals surface area (Å²) in [5.41, 5.74) is 0. The van der Waals surface area contributed by atoms with Gasteiger partial charge in [0.15, 0.2) is 6.29 Å². The van der Waals surface area contributed by atoms with Crippen molar-refractivity contribution in [1.82, 2.24) is 0 Å². The third kappa shape index (κ3) is 1.38. The summed E-state index contributed by atoms with van der Waals surface area (Å²) in [6.45, 7) is 1.74. The number of ether oxygens (including phenoxy) is 3. The van der Waals surface area contributed by atoms with Crippen LogP contribution < -0.4 is 0 Å². The molecular weight excluding hydrogens is 255 g/mol. The van der Waals surface area contributed by atoms with Crippen LogP contribution in [0.1, 0.15) is 12.8 Å². The molecule has 102 valence electrons. The molecule has 6 heteroatoms. The highest BCUT2D eigenvalue weighted by Gasteiger charge is 2.65. The average molecular weight is 274 g/mol. The number of aliphatic hydroxyl groups excluding tert-OH is 2. The Balaban J connectivity index is 1.69. The van der Waals surface area contributed by atoms with E-state index in [-0.39, 0.29) is 29.3 Å². The van der Waals surface area contributed by atoms with E-state index in [1.807, 2.05) is 0 Å². The average Bonchev–Trinajstić information content (AvgIpc) is 3.04. The van der Waals surface area contributed by atoms with E-state index in [1.165, 1.54) is 0 Å². The zero-order valence-corrected chi connectivity index (χ0v) is 11.1. The lowest BCUT2D eigenvalue weighted by Gasteiger charge is -2.38. The van der Waals surface area contributed by atoms with Crippen molar-refractivity contribution in [2.24, 2.45) is 5.92 Å². The van der Waals surface area contributed by atoms with Crippen LogP contribution in [0.2, 0.25) is 0 Å². The molecule has 0 spiro atoms. The summed E-state index contributed by atoms with van der Waals surface area (Å²) < 4.78 is 17.1. The Morgan fingerprint density at radius 2 is 2.00 bits per heavy atom. The molecule has 4 saturated heterocycles. The minimum absolute atomic E-state index is 0.135. The van der Waals surface area contributed by atoms with Gasteiger partial charge in [0.05, 0.1) is 36.4 Å². The number of rotatable bonds is 1. The summed E-state index contributed by atoms with van der Waals surface area (Å²) in [7, 11) is -0.599. The molecule has 4 aliphatic rings. The Hall–Kier alpha value is 0.230. The Morgan fingerprint density at radius 1 is 1.11 bits per heavy atom. The number of hydrogen-bond donors (Lipinski definition) is 2. The second kappa shape index (κ2) is 4.11. The molecule has 0 amide bonds. The van der Waals surface area contributed by atoms with Crippen LogP contribution in [-0.2, 0) is 14.2 Å². The molecule has 4 aliphatic heterocycles. The quantitative estimate of drug-likeness (QED) is 0.663. The first kappa shape index (κ1) is 12.0. The SMILES string of the molecule is OC1COC2OCC[C@@]12P1C[C@@H](O)C2CCOC21. The van der Waals surface area contributed by atoms with Gasteiger partial charge in [-0.3, -0.25) is 0 Å². The molecule has 4 heterocycles. The minimum atomic E-state index is -0.599. The second-order valence-electron chi connectivity index (χ2n) is 5.73. The molecule has 4 fully saturated rings. The van der Waals surface area contributed by atoms with E-state index in [4.69, 9.17) is 14.2 Å². The molecule has 0 aromatic rings. The first-order valence-corrected chi connectivity index (χ1v) is 8.31. The van der Waals surface area contributed by atoms with Gasteiger partial charge in [-0.1, -0.05) is 7.92 Å². The summed E-state index contributed by atoms with van der Waals surface area (Å²) in [6, 6.07) is 0. The summed E-state index contributed by atoms with van der Waals surface area (Å²) in [6.07, 6.45) is 1.53. The molecule has 18 heavy (non-hydrogen) atoms. The van der Waals surface area contributed by atoms with Crippen molar-refractivity contribution < 1.29 is 24.4 Å². The maximum Gasteiger partial charge on any atom is 0.169 e. The van der Waals surface area contributed by atoms with E-state index in [0.29, 0.717) is 13.2 Å². The first-order chi connectivity index (χ1) is 8.73. The van der Waals surface area contributed by atoms with Crippen LogP contribution in [0.4, 0.5) is 0 Å². The maximum absolute atomic E-state index is 10.4. The zero-order chi connectivity index (χ0) is 12.3. The standard InChI is InChI=1S/C12H19O5P/c13-8-6-18(10-7(8)1-3-15-10)12-2-4-16-11(12)17-5-9(12)14/h7-11,13-14H,1-6H2/t7?,8-,9?,10?,11?,12-,18?/m1/s1. The molecule has 7 atom stereocenters. The minimum Gasteiger partial charge on any atom is -0.392 e. The fraction of sp³-hybridized carbons (Fsp3) is 1.00.